The Balaban J connectivity index is 2.50. The highest BCUT2D eigenvalue weighted by molar-refractivity contribution is 9.10. The lowest BCUT2D eigenvalue weighted by Gasteiger charge is -2.21. The molecule has 2 aromatic carbocycles. The summed E-state index contributed by atoms with van der Waals surface area (Å²) in [5.41, 5.74) is 7.17. The first-order chi connectivity index (χ1) is 9.97. The number of nitrogens with one attached hydrogen (secondary N) is 1. The summed E-state index contributed by atoms with van der Waals surface area (Å²) in [6.07, 6.45) is 0. The molecule has 112 valence electrons. The van der Waals surface area contributed by atoms with Gasteiger partial charge in [-0.15, -0.1) is 0 Å². The van der Waals surface area contributed by atoms with Gasteiger partial charge in [0.1, 0.15) is 5.75 Å². The molecule has 0 spiro atoms. The van der Waals surface area contributed by atoms with E-state index >= 15 is 0 Å². The van der Waals surface area contributed by atoms with Crippen LogP contribution in [0.2, 0.25) is 5.02 Å². The average molecular weight is 370 g/mol. The fraction of sp³-hybridized carbons (Fsp3) is 0.250. The normalized spacial score (nSPS) is 12.3. The molecule has 0 heterocycles. The van der Waals surface area contributed by atoms with Crippen molar-refractivity contribution in [2.24, 2.45) is 5.84 Å². The molecule has 1 unspecified atom stereocenters. The second-order valence-corrected chi connectivity index (χ2v) is 6.21. The fourth-order valence-corrected chi connectivity index (χ4v) is 2.84. The van der Waals surface area contributed by atoms with Crippen LogP contribution in [0.15, 0.2) is 34.8 Å². The van der Waals surface area contributed by atoms with E-state index < -0.39 is 0 Å². The van der Waals surface area contributed by atoms with Crippen molar-refractivity contribution in [3.8, 4) is 5.75 Å². The quantitative estimate of drug-likeness (QED) is 0.624. The van der Waals surface area contributed by atoms with Gasteiger partial charge in [-0.1, -0.05) is 23.7 Å². The number of nitrogens with two attached hydrogens (primary N) is 1. The van der Waals surface area contributed by atoms with Gasteiger partial charge in [0.25, 0.3) is 0 Å². The molecule has 2 rings (SSSR count). The van der Waals surface area contributed by atoms with E-state index in [9.17, 15) is 0 Å². The number of methoxy groups -OCH3 is 1. The van der Waals surface area contributed by atoms with Crippen molar-refractivity contribution in [3.05, 3.63) is 62.1 Å². The lowest BCUT2D eigenvalue weighted by molar-refractivity contribution is 0.411. The van der Waals surface area contributed by atoms with Gasteiger partial charge in [0.2, 0.25) is 0 Å². The Hall–Kier alpha value is -1.07. The highest BCUT2D eigenvalue weighted by atomic mass is 79.9. The molecule has 0 radical (unpaired) electrons. The summed E-state index contributed by atoms with van der Waals surface area (Å²) < 4.78 is 6.22. The molecular formula is C16H18BrClN2O. The molecular weight excluding hydrogens is 352 g/mol. The van der Waals surface area contributed by atoms with E-state index in [1.54, 1.807) is 7.11 Å². The van der Waals surface area contributed by atoms with Gasteiger partial charge in [-0.2, -0.15) is 0 Å². The SMILES string of the molecule is COc1cc(C)c(C(NN)c2ccc(Br)c(Cl)c2)cc1C. The van der Waals surface area contributed by atoms with Crippen LogP contribution in [0.3, 0.4) is 0 Å². The van der Waals surface area contributed by atoms with E-state index in [0.717, 1.165) is 32.5 Å². The number of aryl methyl sites for hydroxylation is 2. The number of hydrogen-bond donors (Lipinski definition) is 2. The second kappa shape index (κ2) is 6.79. The monoisotopic (exact) mass is 368 g/mol. The topological polar surface area (TPSA) is 47.3 Å². The van der Waals surface area contributed by atoms with Crippen LogP contribution in [-0.2, 0) is 0 Å². The van der Waals surface area contributed by atoms with E-state index in [-0.39, 0.29) is 6.04 Å². The van der Waals surface area contributed by atoms with Gasteiger partial charge in [0.05, 0.1) is 18.2 Å². The molecule has 21 heavy (non-hydrogen) atoms. The van der Waals surface area contributed by atoms with Gasteiger partial charge in [-0.3, -0.25) is 5.84 Å². The van der Waals surface area contributed by atoms with Crippen molar-refractivity contribution in [3.63, 3.8) is 0 Å². The lowest BCUT2D eigenvalue weighted by Crippen LogP contribution is -2.29. The Morgan fingerprint density at radius 2 is 1.90 bits per heavy atom. The standard InChI is InChI=1S/C16H18BrClN2O/c1-9-7-15(21-3)10(2)6-12(9)16(20-19)11-4-5-13(17)14(18)8-11/h4-8,16,20H,19H2,1-3H3. The summed E-state index contributed by atoms with van der Waals surface area (Å²) in [5, 5.41) is 0.663. The predicted molar refractivity (Wildman–Crippen MR) is 90.8 cm³/mol. The van der Waals surface area contributed by atoms with E-state index in [1.807, 2.05) is 38.1 Å². The molecule has 3 N–H and O–H groups in total. The molecule has 0 aliphatic rings. The fourth-order valence-electron chi connectivity index (χ4n) is 2.40. The van der Waals surface area contributed by atoms with Crippen LogP contribution in [0.1, 0.15) is 28.3 Å². The minimum Gasteiger partial charge on any atom is -0.496 e. The second-order valence-electron chi connectivity index (χ2n) is 4.95. The van der Waals surface area contributed by atoms with Gasteiger partial charge >= 0.3 is 0 Å². The summed E-state index contributed by atoms with van der Waals surface area (Å²) in [4.78, 5) is 0. The van der Waals surface area contributed by atoms with Crippen LogP contribution in [-0.4, -0.2) is 7.11 Å². The van der Waals surface area contributed by atoms with Crippen molar-refractivity contribution in [1.82, 2.24) is 5.43 Å². The average Bonchev–Trinajstić information content (AvgIpc) is 2.46. The number of ether oxygens (including phenoxy) is 1. The molecule has 0 aliphatic carbocycles. The van der Waals surface area contributed by atoms with Crippen molar-refractivity contribution in [2.45, 2.75) is 19.9 Å². The zero-order chi connectivity index (χ0) is 15.6. The van der Waals surface area contributed by atoms with E-state index in [4.69, 9.17) is 22.2 Å². The summed E-state index contributed by atoms with van der Waals surface area (Å²) in [6, 6.07) is 9.83. The summed E-state index contributed by atoms with van der Waals surface area (Å²) in [5.74, 6) is 6.65. The van der Waals surface area contributed by atoms with Gasteiger partial charge < -0.3 is 4.74 Å². The molecule has 0 aromatic heterocycles. The maximum absolute atomic E-state index is 6.19. The molecule has 5 heteroatoms. The Morgan fingerprint density at radius 1 is 1.19 bits per heavy atom. The smallest absolute Gasteiger partial charge is 0.122 e. The summed E-state index contributed by atoms with van der Waals surface area (Å²) in [6.45, 7) is 4.06. The summed E-state index contributed by atoms with van der Waals surface area (Å²) >= 11 is 9.59. The van der Waals surface area contributed by atoms with Crippen LogP contribution in [0.4, 0.5) is 0 Å². The number of rotatable bonds is 4. The van der Waals surface area contributed by atoms with Crippen LogP contribution in [0.25, 0.3) is 0 Å². The third-order valence-electron chi connectivity index (χ3n) is 3.54. The van der Waals surface area contributed by atoms with E-state index in [1.165, 1.54) is 0 Å². The first-order valence-corrected chi connectivity index (χ1v) is 7.71. The first kappa shape index (κ1) is 16.3. The maximum Gasteiger partial charge on any atom is 0.122 e. The molecule has 0 fully saturated rings. The Kier molecular flexibility index (Phi) is 5.27. The molecule has 0 saturated carbocycles. The van der Waals surface area contributed by atoms with Crippen molar-refractivity contribution in [2.75, 3.05) is 7.11 Å². The van der Waals surface area contributed by atoms with E-state index in [2.05, 4.69) is 27.4 Å². The zero-order valence-electron chi connectivity index (χ0n) is 12.2. The Morgan fingerprint density at radius 3 is 2.48 bits per heavy atom. The zero-order valence-corrected chi connectivity index (χ0v) is 14.5. The number of halogens is 2. The minimum absolute atomic E-state index is 0.125. The van der Waals surface area contributed by atoms with Crippen molar-refractivity contribution >= 4 is 27.5 Å². The molecule has 0 saturated heterocycles. The van der Waals surface area contributed by atoms with Crippen LogP contribution in [0.5, 0.6) is 5.75 Å². The molecule has 2 aromatic rings. The number of hydrogen-bond acceptors (Lipinski definition) is 3. The van der Waals surface area contributed by atoms with Gasteiger partial charge in [-0.25, -0.2) is 5.43 Å². The minimum atomic E-state index is -0.125. The highest BCUT2D eigenvalue weighted by Gasteiger charge is 2.17. The first-order valence-electron chi connectivity index (χ1n) is 6.54. The molecule has 3 nitrogen and oxygen atoms in total. The van der Waals surface area contributed by atoms with E-state index in [0.29, 0.717) is 5.02 Å². The van der Waals surface area contributed by atoms with Gasteiger partial charge in [-0.05, 0) is 70.2 Å². The molecule has 1 atom stereocenters. The third-order valence-corrected chi connectivity index (χ3v) is 4.77. The Bertz CT molecular complexity index is 661. The van der Waals surface area contributed by atoms with Crippen LogP contribution >= 0.6 is 27.5 Å². The Labute approximate surface area is 138 Å². The highest BCUT2D eigenvalue weighted by Crippen LogP contribution is 2.32. The van der Waals surface area contributed by atoms with Gasteiger partial charge in [0, 0.05) is 4.47 Å². The number of hydrazine groups is 1. The van der Waals surface area contributed by atoms with Crippen LogP contribution in [0, 0.1) is 13.8 Å². The largest absolute Gasteiger partial charge is 0.496 e. The third kappa shape index (κ3) is 3.40. The number of benzene rings is 2. The molecule has 0 amide bonds. The van der Waals surface area contributed by atoms with Crippen LogP contribution < -0.4 is 16.0 Å². The predicted octanol–water partition coefficient (Wildman–Crippen LogP) is 4.28. The maximum atomic E-state index is 6.19. The molecule has 0 bridgehead atoms. The lowest BCUT2D eigenvalue weighted by atomic mass is 9.93. The van der Waals surface area contributed by atoms with Gasteiger partial charge in [0.15, 0.2) is 0 Å². The molecule has 0 aliphatic heterocycles. The van der Waals surface area contributed by atoms with Crippen molar-refractivity contribution < 1.29 is 4.74 Å². The van der Waals surface area contributed by atoms with Crippen molar-refractivity contribution in [1.29, 1.82) is 0 Å². The summed E-state index contributed by atoms with van der Waals surface area (Å²) in [7, 11) is 1.68.